The van der Waals surface area contributed by atoms with Gasteiger partial charge in [0, 0.05) is 75.2 Å². The summed E-state index contributed by atoms with van der Waals surface area (Å²) in [5.41, 5.74) is 3.71. The zero-order valence-corrected chi connectivity index (χ0v) is 19.8. The van der Waals surface area contributed by atoms with Crippen LogP contribution in [0.3, 0.4) is 0 Å². The zero-order chi connectivity index (χ0) is 23.2. The fourth-order valence-corrected chi connectivity index (χ4v) is 5.60. The number of thioether (sulfide) groups is 1. The van der Waals surface area contributed by atoms with Crippen LogP contribution in [0.15, 0.2) is 30.3 Å². The minimum absolute atomic E-state index is 0.0921. The van der Waals surface area contributed by atoms with E-state index in [-0.39, 0.29) is 24.3 Å². The molecule has 33 heavy (non-hydrogen) atoms. The summed E-state index contributed by atoms with van der Waals surface area (Å²) in [6.45, 7) is 3.45. The fourth-order valence-electron chi connectivity index (χ4n) is 4.70. The van der Waals surface area contributed by atoms with Crippen molar-refractivity contribution in [2.75, 3.05) is 51.4 Å². The highest BCUT2D eigenvalue weighted by Gasteiger charge is 2.35. The van der Waals surface area contributed by atoms with Gasteiger partial charge < -0.3 is 14.5 Å². The molecule has 2 aromatic rings. The number of piperidine rings is 1. The van der Waals surface area contributed by atoms with E-state index in [1.807, 2.05) is 33.7 Å². The van der Waals surface area contributed by atoms with Gasteiger partial charge in [-0.25, -0.2) is 13.6 Å². The Bertz CT molecular complexity index is 902. The normalized spacial score (nSPS) is 21.6. The number of H-pyrrole nitrogens is 1. The van der Waals surface area contributed by atoms with Crippen LogP contribution in [0.1, 0.15) is 40.8 Å². The largest absolute Gasteiger partial charge is 0.384 e. The van der Waals surface area contributed by atoms with Crippen molar-refractivity contribution < 1.29 is 18.3 Å². The second-order valence-electron chi connectivity index (χ2n) is 8.81. The molecule has 2 aliphatic heterocycles. The molecule has 3 heterocycles. The minimum atomic E-state index is -2.35. The van der Waals surface area contributed by atoms with Gasteiger partial charge in [0.1, 0.15) is 0 Å². The molecule has 0 saturated carbocycles. The Morgan fingerprint density at radius 2 is 1.91 bits per heavy atom. The molecule has 0 spiro atoms. The molecule has 0 aliphatic carbocycles. The molecule has 0 bridgehead atoms. The quantitative estimate of drug-likeness (QED) is 0.650. The van der Waals surface area contributed by atoms with Gasteiger partial charge >= 0.3 is 6.03 Å². The van der Waals surface area contributed by atoms with E-state index >= 15 is 0 Å². The van der Waals surface area contributed by atoms with Gasteiger partial charge in [0.05, 0.1) is 12.3 Å². The average Bonchev–Trinajstić information content (AvgIpc) is 3.32. The number of hydrogen-bond donors (Lipinski definition) is 1. The van der Waals surface area contributed by atoms with Gasteiger partial charge in [-0.1, -0.05) is 24.3 Å². The Morgan fingerprint density at radius 1 is 1.18 bits per heavy atom. The molecule has 2 unspecified atom stereocenters. The maximum Gasteiger partial charge on any atom is 0.320 e. The monoisotopic (exact) mass is 478 g/mol. The third kappa shape index (κ3) is 6.26. The number of halogens is 2. The standard InChI is InChI=1S/C24H32F2N4O2S/c1-32-9-6-21-14-22(28-27-21)20-13-19(18-4-2-17(3-5-18)12-23(25)26)15-30(16-20)24(31)29-7-10-33-11-8-29/h2-5,14,19-20,23H,6-13,15-16H2,1H3,(H,27,28). The van der Waals surface area contributed by atoms with Crippen molar-refractivity contribution in [1.29, 1.82) is 0 Å². The highest BCUT2D eigenvalue weighted by molar-refractivity contribution is 7.99. The van der Waals surface area contributed by atoms with Crippen LogP contribution in [0.5, 0.6) is 0 Å². The molecule has 1 aromatic heterocycles. The Labute approximate surface area is 198 Å². The molecule has 2 fully saturated rings. The molecule has 4 rings (SSSR count). The molecular weight excluding hydrogens is 446 g/mol. The second kappa shape index (κ2) is 11.3. The SMILES string of the molecule is COCCc1cc(C2CC(c3ccc(CC(F)F)cc3)CN(C(=O)N3CCSCC3)C2)n[nH]1. The lowest BCUT2D eigenvalue weighted by Crippen LogP contribution is -2.51. The van der Waals surface area contributed by atoms with Crippen molar-refractivity contribution >= 4 is 17.8 Å². The maximum atomic E-state index is 13.3. The van der Waals surface area contributed by atoms with E-state index in [4.69, 9.17) is 4.74 Å². The van der Waals surface area contributed by atoms with Crippen molar-refractivity contribution in [3.05, 3.63) is 52.8 Å². The van der Waals surface area contributed by atoms with Crippen LogP contribution in [0.2, 0.25) is 0 Å². The predicted molar refractivity (Wildman–Crippen MR) is 126 cm³/mol. The third-order valence-electron chi connectivity index (χ3n) is 6.49. The fraction of sp³-hybridized carbons (Fsp3) is 0.583. The lowest BCUT2D eigenvalue weighted by molar-refractivity contribution is 0.135. The van der Waals surface area contributed by atoms with E-state index in [1.165, 1.54) is 0 Å². The summed E-state index contributed by atoms with van der Waals surface area (Å²) in [4.78, 5) is 17.3. The number of amides is 2. The number of rotatable bonds is 7. The van der Waals surface area contributed by atoms with Crippen molar-refractivity contribution in [3.63, 3.8) is 0 Å². The van der Waals surface area contributed by atoms with Crippen molar-refractivity contribution in [2.45, 2.75) is 37.5 Å². The number of aromatic amines is 1. The van der Waals surface area contributed by atoms with E-state index in [2.05, 4.69) is 16.3 Å². The molecule has 2 amide bonds. The van der Waals surface area contributed by atoms with Crippen LogP contribution in [0.25, 0.3) is 0 Å². The highest BCUT2D eigenvalue weighted by atomic mass is 32.2. The molecule has 0 radical (unpaired) electrons. The predicted octanol–water partition coefficient (Wildman–Crippen LogP) is 4.15. The Kier molecular flexibility index (Phi) is 8.25. The molecule has 6 nitrogen and oxygen atoms in total. The van der Waals surface area contributed by atoms with Crippen LogP contribution < -0.4 is 0 Å². The first-order valence-electron chi connectivity index (χ1n) is 11.5. The number of ether oxygens (including phenoxy) is 1. The first kappa shape index (κ1) is 24.0. The molecule has 2 aliphatic rings. The molecule has 9 heteroatoms. The number of aromatic nitrogens is 2. The first-order valence-corrected chi connectivity index (χ1v) is 12.7. The summed E-state index contributed by atoms with van der Waals surface area (Å²) < 4.78 is 30.7. The smallest absolute Gasteiger partial charge is 0.320 e. The molecule has 2 saturated heterocycles. The van der Waals surface area contributed by atoms with Crippen molar-refractivity contribution in [2.24, 2.45) is 0 Å². The van der Waals surface area contributed by atoms with Gasteiger partial charge in [0.2, 0.25) is 6.43 Å². The number of urea groups is 1. The number of benzene rings is 1. The van der Waals surface area contributed by atoms with E-state index in [0.717, 1.165) is 54.4 Å². The lowest BCUT2D eigenvalue weighted by atomic mass is 9.82. The minimum Gasteiger partial charge on any atom is -0.384 e. The van der Waals surface area contributed by atoms with E-state index in [1.54, 1.807) is 19.2 Å². The molecule has 1 N–H and O–H groups in total. The number of alkyl halides is 2. The van der Waals surface area contributed by atoms with Crippen LogP contribution in [-0.4, -0.2) is 83.9 Å². The van der Waals surface area contributed by atoms with E-state index in [0.29, 0.717) is 25.3 Å². The average molecular weight is 479 g/mol. The Morgan fingerprint density at radius 3 is 2.61 bits per heavy atom. The Hall–Kier alpha value is -2.13. The van der Waals surface area contributed by atoms with Gasteiger partial charge in [-0.05, 0) is 23.6 Å². The van der Waals surface area contributed by atoms with Gasteiger partial charge in [0.25, 0.3) is 0 Å². The maximum absolute atomic E-state index is 13.3. The highest BCUT2D eigenvalue weighted by Crippen LogP contribution is 2.36. The number of nitrogens with zero attached hydrogens (tertiary/aromatic N) is 3. The van der Waals surface area contributed by atoms with Gasteiger partial charge in [-0.2, -0.15) is 16.9 Å². The second-order valence-corrected chi connectivity index (χ2v) is 10.0. The number of methoxy groups -OCH3 is 1. The number of likely N-dealkylation sites (tertiary alicyclic amines) is 1. The number of carbonyl (C=O) groups excluding carboxylic acids is 1. The number of carbonyl (C=O) groups is 1. The summed E-state index contributed by atoms with van der Waals surface area (Å²) in [5.74, 6) is 2.19. The molecular formula is C24H32F2N4O2S. The summed E-state index contributed by atoms with van der Waals surface area (Å²) in [7, 11) is 1.68. The third-order valence-corrected chi connectivity index (χ3v) is 7.43. The summed E-state index contributed by atoms with van der Waals surface area (Å²) >= 11 is 1.88. The zero-order valence-electron chi connectivity index (χ0n) is 19.0. The van der Waals surface area contributed by atoms with Crippen molar-refractivity contribution in [3.8, 4) is 0 Å². The van der Waals surface area contributed by atoms with Crippen molar-refractivity contribution in [1.82, 2.24) is 20.0 Å². The van der Waals surface area contributed by atoms with Crippen LogP contribution in [0, 0.1) is 0 Å². The topological polar surface area (TPSA) is 61.5 Å². The number of nitrogens with one attached hydrogen (secondary N) is 1. The number of hydrogen-bond acceptors (Lipinski definition) is 4. The summed E-state index contributed by atoms with van der Waals surface area (Å²) in [5, 5.41) is 7.66. The van der Waals surface area contributed by atoms with Gasteiger partial charge in [-0.3, -0.25) is 5.10 Å². The summed E-state index contributed by atoms with van der Waals surface area (Å²) in [6.07, 6.45) is -0.956. The lowest BCUT2D eigenvalue weighted by Gasteiger charge is -2.40. The molecule has 180 valence electrons. The van der Waals surface area contributed by atoms with Gasteiger partial charge in [-0.15, -0.1) is 0 Å². The summed E-state index contributed by atoms with van der Waals surface area (Å²) in [6, 6.07) is 9.64. The first-order chi connectivity index (χ1) is 16.0. The van der Waals surface area contributed by atoms with E-state index in [9.17, 15) is 13.6 Å². The van der Waals surface area contributed by atoms with E-state index < -0.39 is 6.43 Å². The van der Waals surface area contributed by atoms with Crippen LogP contribution in [0.4, 0.5) is 13.6 Å². The van der Waals surface area contributed by atoms with Crippen LogP contribution in [-0.2, 0) is 17.6 Å². The van der Waals surface area contributed by atoms with Crippen LogP contribution >= 0.6 is 11.8 Å². The molecule has 1 aromatic carbocycles. The van der Waals surface area contributed by atoms with Gasteiger partial charge in [0.15, 0.2) is 0 Å². The Balaban J connectivity index is 1.53. The molecule has 2 atom stereocenters.